The third-order valence-corrected chi connectivity index (χ3v) is 18.6. The van der Waals surface area contributed by atoms with Crippen LogP contribution in [0.5, 0.6) is 0 Å². The number of fused-ring (bicyclic) bond motifs is 13. The van der Waals surface area contributed by atoms with Crippen molar-refractivity contribution in [1.82, 2.24) is 0 Å². The third kappa shape index (κ3) is 7.16. The highest BCUT2D eigenvalue weighted by Gasteiger charge is 2.64. The smallest absolute Gasteiger partial charge is 0.0563 e. The van der Waals surface area contributed by atoms with Crippen LogP contribution >= 0.6 is 0 Å². The maximum absolute atomic E-state index is 4.01. The van der Waals surface area contributed by atoms with Gasteiger partial charge in [-0.2, -0.15) is 0 Å². The largest absolute Gasteiger partial charge is 0.310 e. The predicted octanol–water partition coefficient (Wildman–Crippen LogP) is 20.8. The number of rotatable bonds is 9. The summed E-state index contributed by atoms with van der Waals surface area (Å²) in [6, 6.07) is 97.4. The van der Waals surface area contributed by atoms with E-state index in [-0.39, 0.29) is 16.7 Å². The first-order chi connectivity index (χ1) is 39.2. The van der Waals surface area contributed by atoms with Crippen molar-refractivity contribution >= 4 is 28.7 Å². The molecule has 1 heteroatoms. The Morgan fingerprint density at radius 2 is 0.800 bits per heavy atom. The zero-order valence-corrected chi connectivity index (χ0v) is 45.4. The topological polar surface area (TPSA) is 3.24 Å². The molecule has 0 saturated carbocycles. The Hall–Kier alpha value is -9.56. The first-order valence-electron chi connectivity index (χ1n) is 28.2. The van der Waals surface area contributed by atoms with Crippen molar-refractivity contribution in [2.75, 3.05) is 4.90 Å². The van der Waals surface area contributed by atoms with E-state index in [0.29, 0.717) is 0 Å². The Bertz CT molecular complexity index is 4310. The molecule has 0 aromatic heterocycles. The maximum atomic E-state index is 4.01. The molecule has 0 aliphatic heterocycles. The average Bonchev–Trinajstić information content (AvgIpc) is 2.20. The number of anilines is 3. The van der Waals surface area contributed by atoms with Gasteiger partial charge in [-0.3, -0.25) is 0 Å². The molecule has 0 fully saturated rings. The minimum atomic E-state index is -0.392. The number of nitrogens with zero attached hydrogens (tertiary/aromatic N) is 1. The standard InChI is InChI=1S/C79H59N/c1-5-52-23-25-60(26-24-52)62-40-48-72-70-19-11-14-22-74(70)79(78(72,4)51-62)73-21-13-10-18-67(73)69-46-39-61(49-76(69)79)59-33-31-55(32-34-59)54-27-29-56(30-28-54)58-37-43-64(44-38-58)80(63-41-35-57(36-42-63)53-15-7-6-8-16-53)65-45-47-68-66-17-9-12-20-71(66)77(2,3)75(68)50-65/h5-51,72H,1H2,2-4H3. The Balaban J connectivity index is 0.734. The van der Waals surface area contributed by atoms with Gasteiger partial charge < -0.3 is 4.90 Å². The second kappa shape index (κ2) is 18.3. The van der Waals surface area contributed by atoms with Crippen molar-refractivity contribution in [2.45, 2.75) is 37.5 Å². The van der Waals surface area contributed by atoms with Gasteiger partial charge in [-0.05, 0) is 159 Å². The Morgan fingerprint density at radius 1 is 0.362 bits per heavy atom. The van der Waals surface area contributed by atoms with Gasteiger partial charge in [0.1, 0.15) is 0 Å². The van der Waals surface area contributed by atoms with Gasteiger partial charge in [0, 0.05) is 33.8 Å². The summed E-state index contributed by atoms with van der Waals surface area (Å²) in [6.45, 7) is 11.2. The molecule has 11 aromatic rings. The van der Waals surface area contributed by atoms with E-state index >= 15 is 0 Å². The molecule has 11 aromatic carbocycles. The molecule has 0 amide bonds. The summed E-state index contributed by atoms with van der Waals surface area (Å²) in [6.07, 6.45) is 9.35. The van der Waals surface area contributed by atoms with Gasteiger partial charge in [-0.25, -0.2) is 0 Å². The molecule has 80 heavy (non-hydrogen) atoms. The fraction of sp³-hybridized carbons (Fsp3) is 0.0886. The molecule has 1 nitrogen and oxygen atoms in total. The first-order valence-corrected chi connectivity index (χ1v) is 28.2. The van der Waals surface area contributed by atoms with E-state index in [4.69, 9.17) is 0 Å². The summed E-state index contributed by atoms with van der Waals surface area (Å²) in [5.74, 6) is 0.218. The van der Waals surface area contributed by atoms with E-state index in [0.717, 1.165) is 22.6 Å². The molecule has 3 unspecified atom stereocenters. The van der Waals surface area contributed by atoms with Crippen LogP contribution in [-0.2, 0) is 10.8 Å². The van der Waals surface area contributed by atoms with Gasteiger partial charge in [-0.15, -0.1) is 0 Å². The zero-order valence-electron chi connectivity index (χ0n) is 45.4. The van der Waals surface area contributed by atoms with Crippen LogP contribution in [-0.4, -0.2) is 0 Å². The summed E-state index contributed by atoms with van der Waals surface area (Å²) in [7, 11) is 0. The molecule has 0 N–H and O–H groups in total. The fourth-order valence-electron chi connectivity index (χ4n) is 14.6. The van der Waals surface area contributed by atoms with Crippen molar-refractivity contribution in [2.24, 2.45) is 5.41 Å². The lowest BCUT2D eigenvalue weighted by atomic mass is 9.55. The van der Waals surface area contributed by atoms with Crippen molar-refractivity contribution in [3.63, 3.8) is 0 Å². The van der Waals surface area contributed by atoms with Gasteiger partial charge in [0.05, 0.1) is 5.41 Å². The van der Waals surface area contributed by atoms with Crippen molar-refractivity contribution in [3.05, 3.63) is 330 Å². The quantitative estimate of drug-likeness (QED) is 0.139. The Morgan fingerprint density at radius 3 is 1.41 bits per heavy atom. The molecule has 4 aliphatic rings. The fourth-order valence-corrected chi connectivity index (χ4v) is 14.6. The summed E-state index contributed by atoms with van der Waals surface area (Å²) >= 11 is 0. The normalized spacial score (nSPS) is 18.3. The van der Waals surface area contributed by atoms with Crippen LogP contribution < -0.4 is 4.90 Å². The molecule has 0 bridgehead atoms. The van der Waals surface area contributed by atoms with E-state index in [2.05, 4.69) is 311 Å². The highest BCUT2D eigenvalue weighted by molar-refractivity contribution is 5.91. The van der Waals surface area contributed by atoms with Crippen molar-refractivity contribution in [3.8, 4) is 66.8 Å². The molecular formula is C79H59N. The van der Waals surface area contributed by atoms with Gasteiger partial charge in [0.25, 0.3) is 0 Å². The highest BCUT2D eigenvalue weighted by Crippen LogP contribution is 2.71. The van der Waals surface area contributed by atoms with Gasteiger partial charge in [0.15, 0.2) is 0 Å². The molecule has 1 spiro atoms. The minimum absolute atomic E-state index is 0.106. The molecular weight excluding hydrogens is 963 g/mol. The minimum Gasteiger partial charge on any atom is -0.310 e. The van der Waals surface area contributed by atoms with E-state index in [1.54, 1.807) is 0 Å². The lowest BCUT2D eigenvalue weighted by molar-refractivity contribution is 0.295. The Kier molecular flexibility index (Phi) is 10.9. The lowest BCUT2D eigenvalue weighted by Gasteiger charge is -2.46. The van der Waals surface area contributed by atoms with Crippen molar-refractivity contribution in [1.29, 1.82) is 0 Å². The average molecular weight is 1020 g/mol. The van der Waals surface area contributed by atoms with Crippen LogP contribution in [0.25, 0.3) is 78.4 Å². The third-order valence-electron chi connectivity index (χ3n) is 18.6. The second-order valence-electron chi connectivity index (χ2n) is 23.0. The predicted molar refractivity (Wildman–Crippen MR) is 337 cm³/mol. The highest BCUT2D eigenvalue weighted by atomic mass is 15.1. The zero-order chi connectivity index (χ0) is 53.7. The van der Waals surface area contributed by atoms with Crippen LogP contribution in [0.4, 0.5) is 17.1 Å². The second-order valence-corrected chi connectivity index (χ2v) is 23.0. The van der Waals surface area contributed by atoms with E-state index in [9.17, 15) is 0 Å². The van der Waals surface area contributed by atoms with E-state index in [1.165, 1.54) is 111 Å². The Labute approximate surface area is 470 Å². The number of hydrogen-bond acceptors (Lipinski definition) is 1. The van der Waals surface area contributed by atoms with Gasteiger partial charge in [-0.1, -0.05) is 270 Å². The number of hydrogen-bond donors (Lipinski definition) is 0. The van der Waals surface area contributed by atoms with Gasteiger partial charge in [0.2, 0.25) is 0 Å². The molecule has 4 aliphatic carbocycles. The van der Waals surface area contributed by atoms with E-state index in [1.807, 2.05) is 6.08 Å². The molecule has 0 radical (unpaired) electrons. The summed E-state index contributed by atoms with van der Waals surface area (Å²) in [5.41, 5.74) is 29.5. The van der Waals surface area contributed by atoms with Crippen LogP contribution in [0, 0.1) is 5.41 Å². The SMILES string of the molecule is C=Cc1ccc(C2=CC3(C)C(C=C2)c2ccccc2C32c3ccccc3-c3ccc(-c4ccc(-c5ccc(-c6ccc(N(c7ccc(-c8ccccc8)cc7)c7ccc8c(c7)C(C)(C)c7ccccc7-8)cc6)cc5)cc4)cc32)cc1. The van der Waals surface area contributed by atoms with Gasteiger partial charge >= 0.3 is 0 Å². The summed E-state index contributed by atoms with van der Waals surface area (Å²) < 4.78 is 0. The molecule has 380 valence electrons. The number of benzene rings is 11. The summed E-state index contributed by atoms with van der Waals surface area (Å²) in [5, 5.41) is 0. The molecule has 0 saturated heterocycles. The van der Waals surface area contributed by atoms with E-state index < -0.39 is 5.41 Å². The molecule has 0 heterocycles. The van der Waals surface area contributed by atoms with Crippen LogP contribution in [0.1, 0.15) is 71.2 Å². The first kappa shape index (κ1) is 47.6. The van der Waals surface area contributed by atoms with Crippen LogP contribution in [0.2, 0.25) is 0 Å². The van der Waals surface area contributed by atoms with Crippen LogP contribution in [0.15, 0.2) is 286 Å². The maximum Gasteiger partial charge on any atom is 0.0563 e. The number of allylic oxidation sites excluding steroid dienone is 4. The monoisotopic (exact) mass is 1020 g/mol. The summed E-state index contributed by atoms with van der Waals surface area (Å²) in [4.78, 5) is 2.40. The molecule has 15 rings (SSSR count). The lowest BCUT2D eigenvalue weighted by Crippen LogP contribution is -2.42. The van der Waals surface area contributed by atoms with Crippen molar-refractivity contribution < 1.29 is 0 Å². The molecule has 3 atom stereocenters. The van der Waals surface area contributed by atoms with Crippen LogP contribution in [0.3, 0.4) is 0 Å².